The van der Waals surface area contributed by atoms with Crippen molar-refractivity contribution in [1.82, 2.24) is 5.32 Å². The summed E-state index contributed by atoms with van der Waals surface area (Å²) in [6.07, 6.45) is 1.55. The topological polar surface area (TPSA) is 38.3 Å². The van der Waals surface area contributed by atoms with Gasteiger partial charge in [-0.05, 0) is 56.4 Å². The van der Waals surface area contributed by atoms with Crippen molar-refractivity contribution < 1.29 is 13.9 Å². The Labute approximate surface area is 124 Å². The quantitative estimate of drug-likeness (QED) is 0.869. The van der Waals surface area contributed by atoms with Crippen molar-refractivity contribution in [3.63, 3.8) is 0 Å². The van der Waals surface area contributed by atoms with Crippen molar-refractivity contribution in [2.45, 2.75) is 13.3 Å². The molecular weight excluding hydrogens is 269 g/mol. The van der Waals surface area contributed by atoms with E-state index in [4.69, 9.17) is 4.74 Å². The van der Waals surface area contributed by atoms with Crippen molar-refractivity contribution in [1.29, 1.82) is 0 Å². The monoisotopic (exact) mass is 289 g/mol. The second-order valence-corrected chi connectivity index (χ2v) is 4.41. The van der Waals surface area contributed by atoms with Crippen LogP contribution in [0.2, 0.25) is 0 Å². The Morgan fingerprint density at radius 2 is 1.76 bits per heavy atom. The average molecular weight is 289 g/mol. The first-order valence-electron chi connectivity index (χ1n) is 6.74. The van der Waals surface area contributed by atoms with E-state index in [0.717, 1.165) is 12.5 Å². The van der Waals surface area contributed by atoms with Crippen LogP contribution in [0.3, 0.4) is 0 Å². The van der Waals surface area contributed by atoms with Crippen LogP contribution in [0.25, 0.3) is 0 Å². The lowest BCUT2D eigenvalue weighted by atomic mass is 10.2. The van der Waals surface area contributed by atoms with Gasteiger partial charge in [-0.3, -0.25) is 4.79 Å². The fourth-order valence-electron chi connectivity index (χ4n) is 1.59. The number of benzene rings is 2. The zero-order valence-corrected chi connectivity index (χ0v) is 12.5. The van der Waals surface area contributed by atoms with Crippen LogP contribution in [-0.4, -0.2) is 20.4 Å². The number of aryl methyl sites for hydroxylation is 1. The first-order chi connectivity index (χ1) is 10.1. The predicted molar refractivity (Wildman–Crippen MR) is 82.7 cm³/mol. The predicted octanol–water partition coefficient (Wildman–Crippen LogP) is 3.83. The summed E-state index contributed by atoms with van der Waals surface area (Å²) < 4.78 is 19.0. The first kappa shape index (κ1) is 16.9. The van der Waals surface area contributed by atoms with Gasteiger partial charge in [-0.15, -0.1) is 0 Å². The molecule has 0 heterocycles. The molecule has 0 fully saturated rings. The maximum absolute atomic E-state index is 13.6. The van der Waals surface area contributed by atoms with Crippen molar-refractivity contribution >= 4 is 6.29 Å². The van der Waals surface area contributed by atoms with Crippen LogP contribution in [0, 0.1) is 5.82 Å². The Kier molecular flexibility index (Phi) is 7.12. The Morgan fingerprint density at radius 1 is 1.14 bits per heavy atom. The number of aldehydes is 1. The molecule has 2 aromatic carbocycles. The van der Waals surface area contributed by atoms with E-state index in [1.807, 2.05) is 26.2 Å². The number of carbonyl (C=O) groups is 1. The van der Waals surface area contributed by atoms with E-state index in [1.165, 1.54) is 17.7 Å². The van der Waals surface area contributed by atoms with Gasteiger partial charge in [0.1, 0.15) is 12.0 Å². The number of halogens is 1. The van der Waals surface area contributed by atoms with Crippen molar-refractivity contribution in [2.24, 2.45) is 0 Å². The lowest BCUT2D eigenvalue weighted by molar-refractivity contribution is 0.112. The zero-order chi connectivity index (χ0) is 15.7. The van der Waals surface area contributed by atoms with Gasteiger partial charge in [-0.25, -0.2) is 4.39 Å². The first-order valence-corrected chi connectivity index (χ1v) is 6.74. The minimum absolute atomic E-state index is 0.116. The second kappa shape index (κ2) is 8.87. The summed E-state index contributed by atoms with van der Waals surface area (Å²) in [6, 6.07) is 11.6. The van der Waals surface area contributed by atoms with Crippen molar-refractivity contribution in [2.75, 3.05) is 14.1 Å². The standard InChI is InChI=1S/C15H13FO2.C2H7N/c1-2-11-3-6-13(7-4-11)18-15-8-5-12(10-17)9-14(15)16;1-3-2/h3-10H,2H2,1H3;3H,1-2H3. The van der Waals surface area contributed by atoms with Crippen molar-refractivity contribution in [3.8, 4) is 11.5 Å². The number of hydrogen-bond acceptors (Lipinski definition) is 3. The Hall–Kier alpha value is -2.20. The third-order valence-corrected chi connectivity index (χ3v) is 2.65. The van der Waals surface area contributed by atoms with Gasteiger partial charge in [0.2, 0.25) is 0 Å². The molecule has 0 aliphatic carbocycles. The molecule has 4 heteroatoms. The van der Waals surface area contributed by atoms with E-state index in [-0.39, 0.29) is 5.75 Å². The van der Waals surface area contributed by atoms with Crippen LogP contribution in [0.5, 0.6) is 11.5 Å². The number of nitrogens with one attached hydrogen (secondary N) is 1. The number of rotatable bonds is 4. The molecule has 2 rings (SSSR count). The molecule has 1 N–H and O–H groups in total. The maximum atomic E-state index is 13.6. The summed E-state index contributed by atoms with van der Waals surface area (Å²) >= 11 is 0. The summed E-state index contributed by atoms with van der Waals surface area (Å²) in [4.78, 5) is 10.5. The number of carbonyl (C=O) groups excluding carboxylic acids is 1. The van der Waals surface area contributed by atoms with Gasteiger partial charge >= 0.3 is 0 Å². The van der Waals surface area contributed by atoms with Gasteiger partial charge < -0.3 is 10.1 Å². The molecular formula is C17H20FNO2. The number of hydrogen-bond donors (Lipinski definition) is 1. The summed E-state index contributed by atoms with van der Waals surface area (Å²) in [5.41, 5.74) is 1.49. The van der Waals surface area contributed by atoms with Crippen LogP contribution in [0.1, 0.15) is 22.8 Å². The molecule has 0 saturated heterocycles. The summed E-state index contributed by atoms with van der Waals surface area (Å²) in [7, 11) is 3.75. The fraction of sp³-hybridized carbons (Fsp3) is 0.235. The van der Waals surface area contributed by atoms with E-state index in [0.29, 0.717) is 17.6 Å². The third kappa shape index (κ3) is 5.36. The highest BCUT2D eigenvalue weighted by Gasteiger charge is 2.05. The lowest BCUT2D eigenvalue weighted by Crippen LogP contribution is -1.90. The van der Waals surface area contributed by atoms with Crippen LogP contribution >= 0.6 is 0 Å². The Bertz CT molecular complexity index is 568. The highest BCUT2D eigenvalue weighted by atomic mass is 19.1. The van der Waals surface area contributed by atoms with E-state index in [9.17, 15) is 9.18 Å². The number of ether oxygens (including phenoxy) is 1. The van der Waals surface area contributed by atoms with Gasteiger partial charge in [0.25, 0.3) is 0 Å². The molecule has 0 aromatic heterocycles. The lowest BCUT2D eigenvalue weighted by Gasteiger charge is -2.07. The van der Waals surface area contributed by atoms with Gasteiger partial charge in [-0.2, -0.15) is 0 Å². The molecule has 0 amide bonds. The Morgan fingerprint density at radius 3 is 2.24 bits per heavy atom. The van der Waals surface area contributed by atoms with Crippen molar-refractivity contribution in [3.05, 3.63) is 59.4 Å². The molecule has 0 bridgehead atoms. The molecule has 112 valence electrons. The summed E-state index contributed by atoms with van der Waals surface area (Å²) in [5, 5.41) is 2.75. The largest absolute Gasteiger partial charge is 0.454 e. The molecule has 0 atom stereocenters. The summed E-state index contributed by atoms with van der Waals surface area (Å²) in [6.45, 7) is 2.06. The van der Waals surface area contributed by atoms with Gasteiger partial charge in [0.15, 0.2) is 11.6 Å². The fourth-order valence-corrected chi connectivity index (χ4v) is 1.59. The highest BCUT2D eigenvalue weighted by molar-refractivity contribution is 5.75. The minimum atomic E-state index is -0.542. The molecule has 3 nitrogen and oxygen atoms in total. The van der Waals surface area contributed by atoms with Gasteiger partial charge in [0.05, 0.1) is 0 Å². The van der Waals surface area contributed by atoms with Crippen LogP contribution in [0.15, 0.2) is 42.5 Å². The van der Waals surface area contributed by atoms with Crippen LogP contribution in [-0.2, 0) is 6.42 Å². The average Bonchev–Trinajstić information content (AvgIpc) is 2.51. The Balaban J connectivity index is 0.000000677. The van der Waals surface area contributed by atoms with E-state index >= 15 is 0 Å². The maximum Gasteiger partial charge on any atom is 0.166 e. The van der Waals surface area contributed by atoms with E-state index in [1.54, 1.807) is 12.1 Å². The van der Waals surface area contributed by atoms with Gasteiger partial charge in [-0.1, -0.05) is 19.1 Å². The molecule has 0 aliphatic heterocycles. The van der Waals surface area contributed by atoms with Crippen LogP contribution in [0.4, 0.5) is 4.39 Å². The van der Waals surface area contributed by atoms with E-state index in [2.05, 4.69) is 12.2 Å². The molecule has 0 saturated carbocycles. The molecule has 0 radical (unpaired) electrons. The van der Waals surface area contributed by atoms with E-state index < -0.39 is 5.82 Å². The summed E-state index contributed by atoms with van der Waals surface area (Å²) in [5.74, 6) is 0.147. The SMILES string of the molecule is CCc1ccc(Oc2ccc(C=O)cc2F)cc1.CNC. The zero-order valence-electron chi connectivity index (χ0n) is 12.5. The normalized spacial score (nSPS) is 9.52. The smallest absolute Gasteiger partial charge is 0.166 e. The second-order valence-electron chi connectivity index (χ2n) is 4.41. The molecule has 2 aromatic rings. The highest BCUT2D eigenvalue weighted by Crippen LogP contribution is 2.25. The molecule has 21 heavy (non-hydrogen) atoms. The third-order valence-electron chi connectivity index (χ3n) is 2.65. The van der Waals surface area contributed by atoms with Gasteiger partial charge in [0, 0.05) is 5.56 Å². The molecule has 0 unspecified atom stereocenters. The minimum Gasteiger partial charge on any atom is -0.454 e. The molecule has 0 aliphatic rings. The molecule has 0 spiro atoms. The van der Waals surface area contributed by atoms with Crippen LogP contribution < -0.4 is 10.1 Å².